The summed E-state index contributed by atoms with van der Waals surface area (Å²) in [4.78, 5) is 11.8. The van der Waals surface area contributed by atoms with Crippen molar-refractivity contribution in [2.45, 2.75) is 63.9 Å². The minimum atomic E-state index is -0.609. The normalized spacial score (nSPS) is 49.5. The Morgan fingerprint density at radius 3 is 2.78 bits per heavy atom. The van der Waals surface area contributed by atoms with E-state index in [1.165, 1.54) is 24.8 Å². The van der Waals surface area contributed by atoms with E-state index in [-0.39, 0.29) is 5.41 Å². The Morgan fingerprint density at radius 2 is 2.00 bits per heavy atom. The average molecular weight is 426 g/mol. The molecule has 0 aliphatic heterocycles. The predicted molar refractivity (Wildman–Crippen MR) is 100 cm³/mol. The van der Waals surface area contributed by atoms with E-state index in [0.29, 0.717) is 17.6 Å². The molecule has 0 spiro atoms. The van der Waals surface area contributed by atoms with Crippen LogP contribution in [0.3, 0.4) is 0 Å². The molecule has 3 saturated carbocycles. The Morgan fingerprint density at radius 1 is 1.17 bits per heavy atom. The maximum Gasteiger partial charge on any atom is 0.155 e. The van der Waals surface area contributed by atoms with Crippen molar-refractivity contribution >= 4 is 28.4 Å². The number of hydrogen-bond acceptors (Lipinski definition) is 2. The van der Waals surface area contributed by atoms with Gasteiger partial charge in [-0.05, 0) is 84.9 Å². The molecule has 0 heterocycles. The van der Waals surface area contributed by atoms with Crippen LogP contribution in [-0.4, -0.2) is 16.5 Å². The molecule has 4 rings (SSSR count). The predicted octanol–water partition coefficient (Wildman–Crippen LogP) is 4.81. The highest BCUT2D eigenvalue weighted by atomic mass is 127. The van der Waals surface area contributed by atoms with Gasteiger partial charge in [0.05, 0.1) is 5.60 Å². The number of rotatable bonds is 1. The summed E-state index contributed by atoms with van der Waals surface area (Å²) in [5, 5.41) is 11.3. The quantitative estimate of drug-likeness (QED) is 0.612. The number of ketones is 1. The molecule has 0 amide bonds. The van der Waals surface area contributed by atoms with Crippen molar-refractivity contribution in [3.63, 3.8) is 0 Å². The highest BCUT2D eigenvalue weighted by Crippen LogP contribution is 2.65. The Bertz CT molecular complexity index is 580. The zero-order valence-corrected chi connectivity index (χ0v) is 16.1. The molecule has 6 unspecified atom stereocenters. The second-order valence-corrected chi connectivity index (χ2v) is 9.23. The van der Waals surface area contributed by atoms with Gasteiger partial charge in [-0.3, -0.25) is 4.79 Å². The number of hydrogen-bond donors (Lipinski definition) is 1. The van der Waals surface area contributed by atoms with Crippen molar-refractivity contribution < 1.29 is 9.90 Å². The molecule has 0 aromatic carbocycles. The fraction of sp³-hybridized carbons (Fsp3) is 0.750. The van der Waals surface area contributed by atoms with Gasteiger partial charge < -0.3 is 5.11 Å². The van der Waals surface area contributed by atoms with Crippen molar-refractivity contribution in [1.82, 2.24) is 0 Å². The van der Waals surface area contributed by atoms with Crippen LogP contribution in [-0.2, 0) is 4.79 Å². The monoisotopic (exact) mass is 426 g/mol. The summed E-state index contributed by atoms with van der Waals surface area (Å²) < 4.78 is 2.01. The molecule has 0 aromatic rings. The lowest BCUT2D eigenvalue weighted by molar-refractivity contribution is -0.116. The summed E-state index contributed by atoms with van der Waals surface area (Å²) in [6.45, 7) is 2.34. The summed E-state index contributed by atoms with van der Waals surface area (Å²) in [5.74, 6) is 3.16. The molecule has 6 atom stereocenters. The van der Waals surface area contributed by atoms with Crippen LogP contribution in [0.2, 0.25) is 0 Å². The molecule has 0 saturated heterocycles. The van der Waals surface area contributed by atoms with Gasteiger partial charge in [-0.1, -0.05) is 35.1 Å². The van der Waals surface area contributed by atoms with Crippen LogP contribution < -0.4 is 0 Å². The number of carbonyl (C=O) groups excluding carboxylic acids is 1. The molecular formula is C20H27IO2. The lowest BCUT2D eigenvalue weighted by Gasteiger charge is -2.55. The molecule has 3 heteroatoms. The summed E-state index contributed by atoms with van der Waals surface area (Å²) in [6.07, 6.45) is 12.6. The second-order valence-electron chi connectivity index (χ2n) is 8.52. The van der Waals surface area contributed by atoms with Crippen LogP contribution in [0.15, 0.2) is 21.8 Å². The van der Waals surface area contributed by atoms with E-state index < -0.39 is 5.60 Å². The first kappa shape index (κ1) is 16.3. The fourth-order valence-corrected chi connectivity index (χ4v) is 7.20. The third-order valence-electron chi connectivity index (χ3n) is 7.85. The third kappa shape index (κ3) is 2.32. The van der Waals surface area contributed by atoms with Crippen molar-refractivity contribution in [1.29, 1.82) is 0 Å². The van der Waals surface area contributed by atoms with Gasteiger partial charge in [-0.2, -0.15) is 0 Å². The zero-order chi connectivity index (χ0) is 16.2. The number of carbonyl (C=O) groups is 1. The number of aliphatic hydroxyl groups is 1. The van der Waals surface area contributed by atoms with Crippen LogP contribution in [0.5, 0.6) is 0 Å². The zero-order valence-electron chi connectivity index (χ0n) is 13.9. The third-order valence-corrected chi connectivity index (χ3v) is 8.21. The molecule has 4 aliphatic carbocycles. The van der Waals surface area contributed by atoms with Crippen molar-refractivity contribution in [2.24, 2.45) is 29.1 Å². The molecule has 0 radical (unpaired) electrons. The van der Waals surface area contributed by atoms with E-state index in [9.17, 15) is 9.90 Å². The standard InChI is InChI=1S/C20H27IO2/c1-19-8-6-16-15-5-3-14(22)12-13(15)2-4-17(16)18(19)7-9-20(19,23)10-11-21/h10-12,15-18,23H,2-9H2,1H3/b11-10-. The second kappa shape index (κ2) is 5.69. The van der Waals surface area contributed by atoms with Gasteiger partial charge in [-0.25, -0.2) is 0 Å². The van der Waals surface area contributed by atoms with Gasteiger partial charge in [-0.15, -0.1) is 0 Å². The van der Waals surface area contributed by atoms with E-state index in [0.717, 1.165) is 43.9 Å². The molecule has 3 fully saturated rings. The number of halogens is 1. The van der Waals surface area contributed by atoms with Crippen LogP contribution in [0.1, 0.15) is 58.3 Å². The number of allylic oxidation sites excluding steroid dienone is 1. The summed E-state index contributed by atoms with van der Waals surface area (Å²) >= 11 is 2.24. The van der Waals surface area contributed by atoms with Crippen LogP contribution in [0.25, 0.3) is 0 Å². The van der Waals surface area contributed by atoms with Gasteiger partial charge in [0.15, 0.2) is 5.78 Å². The van der Waals surface area contributed by atoms with Crippen LogP contribution >= 0.6 is 22.6 Å². The first-order valence-electron chi connectivity index (χ1n) is 9.22. The van der Waals surface area contributed by atoms with E-state index in [1.807, 2.05) is 10.2 Å². The van der Waals surface area contributed by atoms with Crippen LogP contribution in [0, 0.1) is 29.1 Å². The van der Waals surface area contributed by atoms with Gasteiger partial charge in [0.1, 0.15) is 0 Å². The Balaban J connectivity index is 1.64. The highest BCUT2D eigenvalue weighted by molar-refractivity contribution is 14.1. The smallest absolute Gasteiger partial charge is 0.155 e. The first-order valence-corrected chi connectivity index (χ1v) is 10.5. The molecule has 1 N–H and O–H groups in total. The van der Waals surface area contributed by atoms with E-state index in [4.69, 9.17) is 0 Å². The Labute approximate surface area is 152 Å². The van der Waals surface area contributed by atoms with Crippen LogP contribution in [0.4, 0.5) is 0 Å². The topological polar surface area (TPSA) is 37.3 Å². The van der Waals surface area contributed by atoms with Gasteiger partial charge >= 0.3 is 0 Å². The lowest BCUT2D eigenvalue weighted by Crippen LogP contribution is -2.51. The molecule has 126 valence electrons. The van der Waals surface area contributed by atoms with E-state index in [1.54, 1.807) is 0 Å². The summed E-state index contributed by atoms with van der Waals surface area (Å²) in [6, 6.07) is 0. The van der Waals surface area contributed by atoms with Crippen molar-refractivity contribution in [3.8, 4) is 0 Å². The Kier molecular flexibility index (Phi) is 4.03. The van der Waals surface area contributed by atoms with Gasteiger partial charge in [0, 0.05) is 11.8 Å². The lowest BCUT2D eigenvalue weighted by atomic mass is 9.50. The molecule has 0 bridgehead atoms. The van der Waals surface area contributed by atoms with Gasteiger partial charge in [0.25, 0.3) is 0 Å². The largest absolute Gasteiger partial charge is 0.385 e. The maximum absolute atomic E-state index is 11.8. The fourth-order valence-electron chi connectivity index (χ4n) is 6.61. The SMILES string of the molecule is CC12CCC3C4CCC(=O)C=C4CCC3C1CCC2(O)/C=C\I. The molecular weight excluding hydrogens is 399 g/mol. The minimum absolute atomic E-state index is 0.0432. The molecule has 23 heavy (non-hydrogen) atoms. The van der Waals surface area contributed by atoms with Crippen molar-refractivity contribution in [3.05, 3.63) is 21.8 Å². The molecule has 4 aliphatic rings. The summed E-state index contributed by atoms with van der Waals surface area (Å²) in [5.41, 5.74) is 0.885. The summed E-state index contributed by atoms with van der Waals surface area (Å²) in [7, 11) is 0. The molecule has 2 nitrogen and oxygen atoms in total. The highest BCUT2D eigenvalue weighted by Gasteiger charge is 2.61. The number of fused-ring (bicyclic) bond motifs is 5. The minimum Gasteiger partial charge on any atom is -0.385 e. The van der Waals surface area contributed by atoms with Crippen molar-refractivity contribution in [2.75, 3.05) is 0 Å². The average Bonchev–Trinajstić information content (AvgIpc) is 2.79. The van der Waals surface area contributed by atoms with Gasteiger partial charge in [0.2, 0.25) is 0 Å². The van der Waals surface area contributed by atoms with E-state index in [2.05, 4.69) is 35.6 Å². The Hall–Kier alpha value is -0.160. The maximum atomic E-state index is 11.8. The van der Waals surface area contributed by atoms with E-state index >= 15 is 0 Å². The molecule has 0 aromatic heterocycles. The first-order chi connectivity index (χ1) is 11.0.